The van der Waals surface area contributed by atoms with Crippen LogP contribution in [0, 0.1) is 5.92 Å². The third kappa shape index (κ3) is 4.43. The molecule has 1 aromatic heterocycles. The molecule has 0 radical (unpaired) electrons. The Balaban J connectivity index is 1.44. The molecule has 4 nitrogen and oxygen atoms in total. The summed E-state index contributed by atoms with van der Waals surface area (Å²) in [5.74, 6) is 0.893. The second-order valence-corrected chi connectivity index (χ2v) is 6.77. The normalized spacial score (nSPS) is 16.9. The van der Waals surface area contributed by atoms with E-state index in [-0.39, 0.29) is 5.56 Å². The molecule has 4 heteroatoms. The van der Waals surface area contributed by atoms with E-state index in [1.54, 1.807) is 0 Å². The number of H-pyrrole nitrogens is 1. The second kappa shape index (κ2) is 7.75. The number of benzene rings is 1. The molecule has 0 bridgehead atoms. The third-order valence-corrected chi connectivity index (χ3v) is 4.85. The summed E-state index contributed by atoms with van der Waals surface area (Å²) < 4.78 is 0. The molecule has 0 spiro atoms. The van der Waals surface area contributed by atoms with Gasteiger partial charge in [0.25, 0.3) is 5.56 Å². The molecule has 1 saturated heterocycles. The van der Waals surface area contributed by atoms with E-state index in [9.17, 15) is 4.79 Å². The van der Waals surface area contributed by atoms with E-state index in [0.29, 0.717) is 6.54 Å². The number of fused-ring (bicyclic) bond motifs is 1. The van der Waals surface area contributed by atoms with Gasteiger partial charge >= 0.3 is 0 Å². The van der Waals surface area contributed by atoms with Gasteiger partial charge in [0.15, 0.2) is 0 Å². The molecule has 0 aliphatic carbocycles. The summed E-state index contributed by atoms with van der Waals surface area (Å²) in [6.07, 6.45) is 3.81. The lowest BCUT2D eigenvalue weighted by molar-refractivity contribution is 0.190. The molecule has 2 heterocycles. The average Bonchev–Trinajstić information content (AvgIpc) is 2.56. The molecule has 1 aliphatic rings. The molecule has 2 N–H and O–H groups in total. The van der Waals surface area contributed by atoms with Gasteiger partial charge in [-0.3, -0.25) is 4.79 Å². The summed E-state index contributed by atoms with van der Waals surface area (Å²) in [5.41, 5.74) is 1.73. The van der Waals surface area contributed by atoms with Gasteiger partial charge in [-0.25, -0.2) is 0 Å². The van der Waals surface area contributed by atoms with E-state index in [4.69, 9.17) is 0 Å². The molecule has 1 fully saturated rings. The zero-order valence-corrected chi connectivity index (χ0v) is 14.0. The number of aromatic nitrogens is 1. The summed E-state index contributed by atoms with van der Waals surface area (Å²) in [6.45, 7) is 7.58. The summed E-state index contributed by atoms with van der Waals surface area (Å²) in [4.78, 5) is 17.6. The number of piperidine rings is 1. The fourth-order valence-corrected chi connectivity index (χ4v) is 3.26. The van der Waals surface area contributed by atoms with Gasteiger partial charge in [0.1, 0.15) is 0 Å². The minimum Gasteiger partial charge on any atom is -0.322 e. The summed E-state index contributed by atoms with van der Waals surface area (Å²) in [7, 11) is 0. The van der Waals surface area contributed by atoms with Gasteiger partial charge in [-0.05, 0) is 68.9 Å². The average molecular weight is 313 g/mol. The molecule has 3 rings (SSSR count). The Labute approximate surface area is 137 Å². The van der Waals surface area contributed by atoms with Gasteiger partial charge in [0.2, 0.25) is 0 Å². The Morgan fingerprint density at radius 3 is 2.87 bits per heavy atom. The molecule has 0 unspecified atom stereocenters. The van der Waals surface area contributed by atoms with Crippen LogP contribution in [0.15, 0.2) is 35.1 Å². The third-order valence-electron chi connectivity index (χ3n) is 4.85. The number of likely N-dealkylation sites (tertiary alicyclic amines) is 1. The molecule has 0 amide bonds. The van der Waals surface area contributed by atoms with Gasteiger partial charge in [0, 0.05) is 17.6 Å². The highest BCUT2D eigenvalue weighted by Gasteiger charge is 2.14. The van der Waals surface area contributed by atoms with Crippen molar-refractivity contribution in [2.24, 2.45) is 5.92 Å². The maximum atomic E-state index is 12.1. The predicted octanol–water partition coefficient (Wildman–Crippen LogP) is 2.74. The first kappa shape index (κ1) is 16.2. The van der Waals surface area contributed by atoms with E-state index in [1.807, 2.05) is 30.3 Å². The fourth-order valence-electron chi connectivity index (χ4n) is 3.26. The number of para-hydroxylation sites is 1. The number of aromatic amines is 1. The largest absolute Gasteiger partial charge is 0.322 e. The number of nitrogens with one attached hydrogen (secondary N) is 2. The monoisotopic (exact) mass is 313 g/mol. The minimum atomic E-state index is 0.0150. The second-order valence-electron chi connectivity index (χ2n) is 6.77. The van der Waals surface area contributed by atoms with Crippen LogP contribution in [0.2, 0.25) is 0 Å². The van der Waals surface area contributed by atoms with Crippen LogP contribution in [0.25, 0.3) is 10.9 Å². The minimum absolute atomic E-state index is 0.0150. The van der Waals surface area contributed by atoms with Gasteiger partial charge in [-0.2, -0.15) is 0 Å². The predicted molar refractivity (Wildman–Crippen MR) is 95.7 cm³/mol. The van der Waals surface area contributed by atoms with Crippen LogP contribution >= 0.6 is 0 Å². The SMILES string of the molecule is CC1CCN(CCCNCc2cc3ccccc3[nH]c2=O)CC1. The van der Waals surface area contributed by atoms with E-state index in [1.165, 1.54) is 25.9 Å². The number of nitrogens with zero attached hydrogens (tertiary/aromatic N) is 1. The lowest BCUT2D eigenvalue weighted by Gasteiger charge is -2.30. The maximum Gasteiger partial charge on any atom is 0.252 e. The van der Waals surface area contributed by atoms with Crippen LogP contribution < -0.4 is 10.9 Å². The van der Waals surface area contributed by atoms with E-state index < -0.39 is 0 Å². The van der Waals surface area contributed by atoms with Gasteiger partial charge in [-0.1, -0.05) is 25.1 Å². The summed E-state index contributed by atoms with van der Waals surface area (Å²) in [6, 6.07) is 9.90. The van der Waals surface area contributed by atoms with Gasteiger partial charge in [0.05, 0.1) is 0 Å². The molecule has 1 aromatic carbocycles. The van der Waals surface area contributed by atoms with Crippen molar-refractivity contribution in [1.82, 2.24) is 15.2 Å². The van der Waals surface area contributed by atoms with Crippen LogP contribution in [-0.4, -0.2) is 36.1 Å². The number of rotatable bonds is 6. The standard InChI is InChI=1S/C19H27N3O/c1-15-7-11-22(12-8-15)10-4-9-20-14-17-13-16-5-2-3-6-18(16)21-19(17)23/h2-3,5-6,13,15,20H,4,7-12,14H2,1H3,(H,21,23). The molecular weight excluding hydrogens is 286 g/mol. The van der Waals surface area contributed by atoms with Gasteiger partial charge in [-0.15, -0.1) is 0 Å². The number of hydrogen-bond acceptors (Lipinski definition) is 3. The molecular formula is C19H27N3O. The first-order chi connectivity index (χ1) is 11.2. The van der Waals surface area contributed by atoms with E-state index >= 15 is 0 Å². The number of hydrogen-bond donors (Lipinski definition) is 2. The van der Waals surface area contributed by atoms with Crippen LogP contribution in [0.1, 0.15) is 31.7 Å². The summed E-state index contributed by atoms with van der Waals surface area (Å²) >= 11 is 0. The van der Waals surface area contributed by atoms with Crippen LogP contribution in [0.5, 0.6) is 0 Å². The molecule has 2 aromatic rings. The van der Waals surface area contributed by atoms with E-state index in [2.05, 4.69) is 22.1 Å². The zero-order chi connectivity index (χ0) is 16.1. The van der Waals surface area contributed by atoms with Crippen molar-refractivity contribution >= 4 is 10.9 Å². The highest BCUT2D eigenvalue weighted by molar-refractivity contribution is 5.78. The quantitative estimate of drug-likeness (QED) is 0.806. The van der Waals surface area contributed by atoms with Crippen LogP contribution in [0.3, 0.4) is 0 Å². The molecule has 0 atom stereocenters. The van der Waals surface area contributed by atoms with Crippen LogP contribution in [0.4, 0.5) is 0 Å². The molecule has 0 saturated carbocycles. The highest BCUT2D eigenvalue weighted by atomic mass is 16.1. The smallest absolute Gasteiger partial charge is 0.252 e. The Hall–Kier alpha value is -1.65. The Kier molecular flexibility index (Phi) is 5.47. The Morgan fingerprint density at radius 1 is 1.26 bits per heavy atom. The molecule has 23 heavy (non-hydrogen) atoms. The maximum absolute atomic E-state index is 12.1. The topological polar surface area (TPSA) is 48.1 Å². The first-order valence-corrected chi connectivity index (χ1v) is 8.76. The molecule has 1 aliphatic heterocycles. The van der Waals surface area contributed by atoms with Crippen LogP contribution in [-0.2, 0) is 6.54 Å². The van der Waals surface area contributed by atoms with Crippen molar-refractivity contribution in [2.45, 2.75) is 32.7 Å². The van der Waals surface area contributed by atoms with Gasteiger partial charge < -0.3 is 15.2 Å². The highest BCUT2D eigenvalue weighted by Crippen LogP contribution is 2.15. The summed E-state index contributed by atoms with van der Waals surface area (Å²) in [5, 5.41) is 4.50. The van der Waals surface area contributed by atoms with Crippen molar-refractivity contribution in [3.8, 4) is 0 Å². The Bertz CT molecular complexity index is 686. The first-order valence-electron chi connectivity index (χ1n) is 8.76. The van der Waals surface area contributed by atoms with Crippen molar-refractivity contribution in [3.63, 3.8) is 0 Å². The van der Waals surface area contributed by atoms with Crippen molar-refractivity contribution < 1.29 is 0 Å². The zero-order valence-electron chi connectivity index (χ0n) is 14.0. The molecule has 124 valence electrons. The number of pyridine rings is 1. The Morgan fingerprint density at radius 2 is 2.04 bits per heavy atom. The van der Waals surface area contributed by atoms with Crippen molar-refractivity contribution in [1.29, 1.82) is 0 Å². The van der Waals surface area contributed by atoms with E-state index in [0.717, 1.165) is 41.9 Å². The lowest BCUT2D eigenvalue weighted by Crippen LogP contribution is -2.34. The fraction of sp³-hybridized carbons (Fsp3) is 0.526. The van der Waals surface area contributed by atoms with Crippen molar-refractivity contribution in [2.75, 3.05) is 26.2 Å². The lowest BCUT2D eigenvalue weighted by atomic mass is 9.99. The van der Waals surface area contributed by atoms with Crippen molar-refractivity contribution in [3.05, 3.63) is 46.2 Å².